The number of hydrogen-bond acceptors (Lipinski definition) is 0. The van der Waals surface area contributed by atoms with Crippen LogP contribution in [0.3, 0.4) is 0 Å². The summed E-state index contributed by atoms with van der Waals surface area (Å²) in [5.74, 6) is 0. The molecule has 0 atom stereocenters. The van der Waals surface area contributed by atoms with E-state index in [9.17, 15) is 0 Å². The van der Waals surface area contributed by atoms with Gasteiger partial charge in [0.05, 0.1) is 6.16 Å². The first-order valence-electron chi connectivity index (χ1n) is 11.2. The van der Waals surface area contributed by atoms with Crippen LogP contribution in [-0.2, 0) is 6.16 Å². The van der Waals surface area contributed by atoms with Crippen LogP contribution in [0.25, 0.3) is 11.1 Å². The molecule has 0 aliphatic carbocycles. The van der Waals surface area contributed by atoms with Gasteiger partial charge in [-0.3, -0.25) is 0 Å². The lowest BCUT2D eigenvalue weighted by Crippen LogP contribution is -2.32. The van der Waals surface area contributed by atoms with E-state index in [1.54, 1.807) is 0 Å². The molecule has 0 N–H and O–H groups in total. The Labute approximate surface area is 205 Å². The van der Waals surface area contributed by atoms with E-state index in [0.29, 0.717) is 0 Å². The molecule has 0 spiro atoms. The SMILES string of the molecule is Brc1cc(-c2ccccc2)ccc1C[P+](c1ccccc1)(c1ccccc1)c1ccccc1. The van der Waals surface area contributed by atoms with Gasteiger partial charge in [0.25, 0.3) is 0 Å². The Hall–Kier alpha value is -2.99. The van der Waals surface area contributed by atoms with Gasteiger partial charge in [-0.1, -0.05) is 113 Å². The van der Waals surface area contributed by atoms with E-state index in [1.807, 2.05) is 0 Å². The fraction of sp³-hybridized carbons (Fsp3) is 0.0323. The first kappa shape index (κ1) is 21.8. The van der Waals surface area contributed by atoms with Crippen molar-refractivity contribution in [2.45, 2.75) is 6.16 Å². The summed E-state index contributed by atoms with van der Waals surface area (Å²) in [4.78, 5) is 0. The maximum atomic E-state index is 3.93. The minimum absolute atomic E-state index is 0.959. The molecule has 0 heterocycles. The smallest absolute Gasteiger partial charge is 0.0622 e. The fourth-order valence-electron chi connectivity index (χ4n) is 4.51. The second kappa shape index (κ2) is 9.87. The number of hydrogen-bond donors (Lipinski definition) is 0. The second-order valence-corrected chi connectivity index (χ2v) is 12.5. The molecule has 5 aromatic rings. The normalized spacial score (nSPS) is 11.3. The Morgan fingerprint density at radius 3 is 1.30 bits per heavy atom. The van der Waals surface area contributed by atoms with E-state index in [4.69, 9.17) is 0 Å². The number of benzene rings is 5. The zero-order valence-corrected chi connectivity index (χ0v) is 20.8. The van der Waals surface area contributed by atoms with Crippen LogP contribution in [0.1, 0.15) is 5.56 Å². The van der Waals surface area contributed by atoms with Crippen molar-refractivity contribution in [2.24, 2.45) is 0 Å². The monoisotopic (exact) mass is 507 g/mol. The first-order valence-corrected chi connectivity index (χ1v) is 13.9. The molecule has 0 amide bonds. The summed E-state index contributed by atoms with van der Waals surface area (Å²) in [6.45, 7) is 0. The van der Waals surface area contributed by atoms with Crippen LogP contribution in [0, 0.1) is 0 Å². The van der Waals surface area contributed by atoms with Crippen molar-refractivity contribution in [1.29, 1.82) is 0 Å². The Bertz CT molecular complexity index is 1220. The molecule has 0 aliphatic heterocycles. The van der Waals surface area contributed by atoms with Crippen molar-refractivity contribution in [3.05, 3.63) is 150 Å². The summed E-state index contributed by atoms with van der Waals surface area (Å²) in [5, 5.41) is 4.21. The van der Waals surface area contributed by atoms with Gasteiger partial charge in [0.1, 0.15) is 23.2 Å². The summed E-state index contributed by atoms with van der Waals surface area (Å²) in [7, 11) is -1.92. The third-order valence-corrected chi connectivity index (χ3v) is 11.3. The highest BCUT2D eigenvalue weighted by Crippen LogP contribution is 2.58. The molecule has 5 aromatic carbocycles. The molecule has 0 saturated carbocycles. The van der Waals surface area contributed by atoms with Crippen molar-refractivity contribution in [3.8, 4) is 11.1 Å². The molecule has 0 saturated heterocycles. The largest absolute Gasteiger partial charge is 0.116 e. The first-order chi connectivity index (χ1) is 16.3. The average molecular weight is 508 g/mol. The summed E-state index contributed by atoms with van der Waals surface area (Å²) < 4.78 is 1.16. The van der Waals surface area contributed by atoms with Gasteiger partial charge in [-0.2, -0.15) is 0 Å². The number of halogens is 1. The molecule has 0 unspecified atom stereocenters. The predicted molar refractivity (Wildman–Crippen MR) is 148 cm³/mol. The van der Waals surface area contributed by atoms with E-state index in [1.165, 1.54) is 32.6 Å². The molecule has 0 aromatic heterocycles. The van der Waals surface area contributed by atoms with Gasteiger partial charge in [0.2, 0.25) is 0 Å². The standard InChI is InChI=1S/C31H25BrP/c32-31-23-26(25-13-5-1-6-14-25)21-22-27(31)24-33(28-15-7-2-8-16-28,29-17-9-3-10-18-29)30-19-11-4-12-20-30/h1-23H,24H2/q+1. The molecule has 0 aliphatic rings. The molecule has 33 heavy (non-hydrogen) atoms. The topological polar surface area (TPSA) is 0 Å². The van der Waals surface area contributed by atoms with Crippen molar-refractivity contribution in [3.63, 3.8) is 0 Å². The third kappa shape index (κ3) is 4.44. The molecular weight excluding hydrogens is 483 g/mol. The highest BCUT2D eigenvalue weighted by atomic mass is 79.9. The lowest BCUT2D eigenvalue weighted by atomic mass is 10.0. The van der Waals surface area contributed by atoms with E-state index < -0.39 is 7.26 Å². The van der Waals surface area contributed by atoms with Gasteiger partial charge in [-0.25, -0.2) is 0 Å². The molecule has 5 rings (SSSR count). The molecule has 0 fully saturated rings. The summed E-state index contributed by atoms with van der Waals surface area (Å²) in [6.07, 6.45) is 0.959. The second-order valence-electron chi connectivity index (χ2n) is 8.15. The Morgan fingerprint density at radius 1 is 0.455 bits per heavy atom. The lowest BCUT2D eigenvalue weighted by molar-refractivity contribution is 1.36. The van der Waals surface area contributed by atoms with E-state index >= 15 is 0 Å². The fourth-order valence-corrected chi connectivity index (χ4v) is 9.52. The molecule has 0 nitrogen and oxygen atoms in total. The Balaban J connectivity index is 1.69. The van der Waals surface area contributed by atoms with Crippen LogP contribution in [-0.4, -0.2) is 0 Å². The minimum Gasteiger partial charge on any atom is -0.0622 e. The van der Waals surface area contributed by atoms with Crippen LogP contribution in [0.15, 0.2) is 144 Å². The van der Waals surface area contributed by atoms with Crippen LogP contribution >= 0.6 is 23.2 Å². The Kier molecular flexibility index (Phi) is 6.53. The van der Waals surface area contributed by atoms with Crippen molar-refractivity contribution in [2.75, 3.05) is 0 Å². The maximum absolute atomic E-state index is 3.93. The third-order valence-electron chi connectivity index (χ3n) is 6.16. The Morgan fingerprint density at radius 2 is 0.879 bits per heavy atom. The summed E-state index contributed by atoms with van der Waals surface area (Å²) in [6, 6.07) is 50.6. The molecule has 2 heteroatoms. The van der Waals surface area contributed by atoms with E-state index in [0.717, 1.165) is 10.6 Å². The van der Waals surface area contributed by atoms with Crippen LogP contribution < -0.4 is 15.9 Å². The quantitative estimate of drug-likeness (QED) is 0.207. The van der Waals surface area contributed by atoms with Gasteiger partial charge in [-0.15, -0.1) is 0 Å². The van der Waals surface area contributed by atoms with Gasteiger partial charge in [0, 0.05) is 10.0 Å². The van der Waals surface area contributed by atoms with Gasteiger partial charge < -0.3 is 0 Å². The predicted octanol–water partition coefficient (Wildman–Crippen LogP) is 7.61. The molecule has 160 valence electrons. The summed E-state index contributed by atoms with van der Waals surface area (Å²) >= 11 is 3.93. The van der Waals surface area contributed by atoms with Gasteiger partial charge in [-0.05, 0) is 53.6 Å². The van der Waals surface area contributed by atoms with Crippen LogP contribution in [0.5, 0.6) is 0 Å². The zero-order chi connectivity index (χ0) is 22.5. The van der Waals surface area contributed by atoms with Gasteiger partial charge >= 0.3 is 0 Å². The number of rotatable bonds is 6. The van der Waals surface area contributed by atoms with Crippen molar-refractivity contribution < 1.29 is 0 Å². The van der Waals surface area contributed by atoms with E-state index in [-0.39, 0.29) is 0 Å². The van der Waals surface area contributed by atoms with Crippen LogP contribution in [0.4, 0.5) is 0 Å². The highest BCUT2D eigenvalue weighted by Gasteiger charge is 2.45. The maximum Gasteiger partial charge on any atom is 0.116 e. The van der Waals surface area contributed by atoms with Crippen molar-refractivity contribution in [1.82, 2.24) is 0 Å². The molecule has 0 radical (unpaired) electrons. The minimum atomic E-state index is -1.92. The molecule has 0 bridgehead atoms. The van der Waals surface area contributed by atoms with Crippen LogP contribution in [0.2, 0.25) is 0 Å². The van der Waals surface area contributed by atoms with E-state index in [2.05, 4.69) is 155 Å². The highest BCUT2D eigenvalue weighted by molar-refractivity contribution is 9.10. The lowest BCUT2D eigenvalue weighted by Gasteiger charge is -2.28. The molecular formula is C31H25BrP+. The van der Waals surface area contributed by atoms with Gasteiger partial charge in [0.15, 0.2) is 0 Å². The zero-order valence-electron chi connectivity index (χ0n) is 18.3. The van der Waals surface area contributed by atoms with Crippen molar-refractivity contribution >= 4 is 39.1 Å². The summed E-state index contributed by atoms with van der Waals surface area (Å²) in [5.41, 5.74) is 3.80. The average Bonchev–Trinajstić information content (AvgIpc) is 2.90.